The molecule has 1 aliphatic heterocycles. The largest absolute Gasteiger partial charge is 0.342 e. The van der Waals surface area contributed by atoms with Crippen LogP contribution < -0.4 is 0 Å². The molecule has 128 valence electrons. The standard InChI is InChI=1S/C19H36N2O/c1-3-4-5-6-7-8-9-10-11-12-15-21-16-13-14-20-18(2)17-19(21)22/h3-17H2,1-2H3. The first-order chi connectivity index (χ1) is 10.7. The molecule has 1 amide bonds. The number of amides is 1. The van der Waals surface area contributed by atoms with Crippen LogP contribution >= 0.6 is 0 Å². The maximum atomic E-state index is 12.1. The van der Waals surface area contributed by atoms with Gasteiger partial charge in [-0.25, -0.2) is 0 Å². The molecule has 22 heavy (non-hydrogen) atoms. The summed E-state index contributed by atoms with van der Waals surface area (Å²) in [5.74, 6) is 0.275. The molecule has 0 aromatic rings. The highest BCUT2D eigenvalue weighted by Crippen LogP contribution is 2.11. The lowest BCUT2D eigenvalue weighted by atomic mass is 10.1. The van der Waals surface area contributed by atoms with Gasteiger partial charge >= 0.3 is 0 Å². The van der Waals surface area contributed by atoms with E-state index in [0.717, 1.165) is 38.2 Å². The number of hydrogen-bond donors (Lipinski definition) is 0. The summed E-state index contributed by atoms with van der Waals surface area (Å²) in [6, 6.07) is 0. The number of rotatable bonds is 11. The van der Waals surface area contributed by atoms with Crippen LogP contribution in [0.25, 0.3) is 0 Å². The fraction of sp³-hybridized carbons (Fsp3) is 0.895. The van der Waals surface area contributed by atoms with Crippen LogP contribution in [0.2, 0.25) is 0 Å². The van der Waals surface area contributed by atoms with E-state index in [9.17, 15) is 4.79 Å². The molecule has 0 aromatic carbocycles. The van der Waals surface area contributed by atoms with Crippen LogP contribution in [0.3, 0.4) is 0 Å². The van der Waals surface area contributed by atoms with Gasteiger partial charge in [-0.2, -0.15) is 0 Å². The zero-order chi connectivity index (χ0) is 16.0. The van der Waals surface area contributed by atoms with Gasteiger partial charge in [0.1, 0.15) is 0 Å². The van der Waals surface area contributed by atoms with Crippen molar-refractivity contribution in [3.05, 3.63) is 0 Å². The van der Waals surface area contributed by atoms with Crippen molar-refractivity contribution in [2.75, 3.05) is 19.6 Å². The highest BCUT2D eigenvalue weighted by atomic mass is 16.2. The van der Waals surface area contributed by atoms with Gasteiger partial charge in [-0.1, -0.05) is 64.7 Å². The summed E-state index contributed by atoms with van der Waals surface area (Å²) in [7, 11) is 0. The Morgan fingerprint density at radius 3 is 2.18 bits per heavy atom. The summed E-state index contributed by atoms with van der Waals surface area (Å²) < 4.78 is 0. The topological polar surface area (TPSA) is 32.7 Å². The summed E-state index contributed by atoms with van der Waals surface area (Å²) >= 11 is 0. The van der Waals surface area contributed by atoms with Gasteiger partial charge in [-0.05, 0) is 19.8 Å². The Kier molecular flexibility index (Phi) is 11.0. The molecule has 1 aliphatic rings. The third-order valence-electron chi connectivity index (χ3n) is 4.51. The molecule has 0 fully saturated rings. The van der Waals surface area contributed by atoms with Crippen LogP contribution in [-0.2, 0) is 4.79 Å². The minimum absolute atomic E-state index is 0.275. The predicted molar refractivity (Wildman–Crippen MR) is 95.6 cm³/mol. The summed E-state index contributed by atoms with van der Waals surface area (Å²) in [6.45, 7) is 6.97. The van der Waals surface area contributed by atoms with Crippen molar-refractivity contribution in [1.29, 1.82) is 0 Å². The summed E-state index contributed by atoms with van der Waals surface area (Å²) in [5, 5.41) is 0. The zero-order valence-corrected chi connectivity index (χ0v) is 14.9. The van der Waals surface area contributed by atoms with Gasteiger partial charge in [-0.15, -0.1) is 0 Å². The van der Waals surface area contributed by atoms with E-state index in [0.29, 0.717) is 6.42 Å². The lowest BCUT2D eigenvalue weighted by Gasteiger charge is -2.24. The molecule has 0 atom stereocenters. The number of unbranched alkanes of at least 4 members (excludes halogenated alkanes) is 9. The van der Waals surface area contributed by atoms with Gasteiger partial charge in [-0.3, -0.25) is 9.79 Å². The smallest absolute Gasteiger partial charge is 0.228 e. The van der Waals surface area contributed by atoms with E-state index in [2.05, 4.69) is 16.8 Å². The molecule has 1 heterocycles. The predicted octanol–water partition coefficient (Wildman–Crippen LogP) is 4.99. The maximum Gasteiger partial charge on any atom is 0.228 e. The molecule has 0 N–H and O–H groups in total. The Labute approximate surface area is 137 Å². The Hall–Kier alpha value is -0.860. The summed E-state index contributed by atoms with van der Waals surface area (Å²) in [5.41, 5.74) is 0.998. The van der Waals surface area contributed by atoms with E-state index in [4.69, 9.17) is 0 Å². The van der Waals surface area contributed by atoms with Crippen molar-refractivity contribution >= 4 is 11.6 Å². The van der Waals surface area contributed by atoms with E-state index in [-0.39, 0.29) is 5.91 Å². The normalized spacial score (nSPS) is 16.4. The molecule has 1 rings (SSSR count). The second kappa shape index (κ2) is 12.7. The lowest BCUT2D eigenvalue weighted by molar-refractivity contribution is -0.130. The van der Waals surface area contributed by atoms with Gasteiger partial charge in [0.2, 0.25) is 5.91 Å². The molecule has 3 nitrogen and oxygen atoms in total. The quantitative estimate of drug-likeness (QED) is 0.495. The fourth-order valence-electron chi connectivity index (χ4n) is 3.07. The van der Waals surface area contributed by atoms with Crippen LogP contribution in [0.1, 0.15) is 90.9 Å². The first kappa shape index (κ1) is 19.2. The van der Waals surface area contributed by atoms with E-state index in [1.165, 1.54) is 57.8 Å². The molecule has 0 aliphatic carbocycles. The average molecular weight is 309 g/mol. The first-order valence-electron chi connectivity index (χ1n) is 9.51. The average Bonchev–Trinajstić information content (AvgIpc) is 2.49. The monoisotopic (exact) mass is 308 g/mol. The first-order valence-corrected chi connectivity index (χ1v) is 9.51. The number of hydrogen-bond acceptors (Lipinski definition) is 2. The zero-order valence-electron chi connectivity index (χ0n) is 14.9. The molecule has 0 radical (unpaired) electrons. The summed E-state index contributed by atoms with van der Waals surface area (Å²) in [4.78, 5) is 18.6. The Bertz CT molecular complexity index is 325. The third kappa shape index (κ3) is 9.22. The second-order valence-corrected chi connectivity index (χ2v) is 6.71. The van der Waals surface area contributed by atoms with E-state index < -0.39 is 0 Å². The van der Waals surface area contributed by atoms with Crippen molar-refractivity contribution in [2.24, 2.45) is 4.99 Å². The Balaban J connectivity index is 1.99. The van der Waals surface area contributed by atoms with E-state index in [1.807, 2.05) is 6.92 Å². The van der Waals surface area contributed by atoms with Crippen LogP contribution in [0.5, 0.6) is 0 Å². The highest BCUT2D eigenvalue weighted by molar-refractivity contribution is 5.99. The van der Waals surface area contributed by atoms with Crippen molar-refractivity contribution in [1.82, 2.24) is 4.90 Å². The minimum Gasteiger partial charge on any atom is -0.342 e. The van der Waals surface area contributed by atoms with Crippen LogP contribution in [-0.4, -0.2) is 36.2 Å². The van der Waals surface area contributed by atoms with E-state index in [1.54, 1.807) is 0 Å². The Morgan fingerprint density at radius 2 is 1.55 bits per heavy atom. The molecule has 0 unspecified atom stereocenters. The van der Waals surface area contributed by atoms with E-state index >= 15 is 0 Å². The minimum atomic E-state index is 0.275. The molecular formula is C19H36N2O. The van der Waals surface area contributed by atoms with Crippen molar-refractivity contribution in [3.63, 3.8) is 0 Å². The van der Waals surface area contributed by atoms with Crippen molar-refractivity contribution < 1.29 is 4.79 Å². The van der Waals surface area contributed by atoms with Crippen LogP contribution in [0, 0.1) is 0 Å². The molecule has 0 aromatic heterocycles. The number of carbonyl (C=O) groups is 1. The molecule has 0 bridgehead atoms. The third-order valence-corrected chi connectivity index (χ3v) is 4.51. The van der Waals surface area contributed by atoms with Crippen LogP contribution in [0.15, 0.2) is 4.99 Å². The number of aliphatic imine (C=N–C) groups is 1. The molecule has 0 spiro atoms. The van der Waals surface area contributed by atoms with Crippen molar-refractivity contribution in [3.8, 4) is 0 Å². The lowest BCUT2D eigenvalue weighted by Crippen LogP contribution is -2.35. The highest BCUT2D eigenvalue weighted by Gasteiger charge is 2.15. The summed E-state index contributed by atoms with van der Waals surface area (Å²) in [6.07, 6.45) is 15.0. The fourth-order valence-corrected chi connectivity index (χ4v) is 3.07. The Morgan fingerprint density at radius 1 is 0.955 bits per heavy atom. The molecular weight excluding hydrogens is 272 g/mol. The van der Waals surface area contributed by atoms with Gasteiger partial charge in [0.05, 0.1) is 6.42 Å². The van der Waals surface area contributed by atoms with Gasteiger partial charge in [0.25, 0.3) is 0 Å². The van der Waals surface area contributed by atoms with Gasteiger partial charge < -0.3 is 4.90 Å². The van der Waals surface area contributed by atoms with Gasteiger partial charge in [0, 0.05) is 25.3 Å². The number of nitrogens with zero attached hydrogens (tertiary/aromatic N) is 2. The van der Waals surface area contributed by atoms with Crippen LogP contribution in [0.4, 0.5) is 0 Å². The maximum absolute atomic E-state index is 12.1. The molecule has 0 saturated carbocycles. The van der Waals surface area contributed by atoms with Crippen molar-refractivity contribution in [2.45, 2.75) is 90.9 Å². The SMILES string of the molecule is CCCCCCCCCCCCN1CCCN=C(C)CC1=O. The van der Waals surface area contributed by atoms with Gasteiger partial charge in [0.15, 0.2) is 0 Å². The second-order valence-electron chi connectivity index (χ2n) is 6.71. The molecule has 0 saturated heterocycles. The number of carbonyl (C=O) groups excluding carboxylic acids is 1. The molecule has 3 heteroatoms.